The van der Waals surface area contributed by atoms with Gasteiger partial charge in [0.05, 0.1) is 5.82 Å². The van der Waals surface area contributed by atoms with Gasteiger partial charge in [-0.15, -0.1) is 12.1 Å². The van der Waals surface area contributed by atoms with Crippen molar-refractivity contribution >= 4 is 11.5 Å². The molecule has 0 unspecified atom stereocenters. The zero-order chi connectivity index (χ0) is 11.4. The summed E-state index contributed by atoms with van der Waals surface area (Å²) in [5, 5.41) is 3.09. The molecule has 1 aromatic carbocycles. The Labute approximate surface area is 124 Å². The number of anilines is 2. The van der Waals surface area contributed by atoms with E-state index in [2.05, 4.69) is 21.4 Å². The molecule has 2 aromatic rings. The Bertz CT molecular complexity index is 537. The number of pyridine rings is 1. The van der Waals surface area contributed by atoms with Crippen LogP contribution in [-0.2, 0) is 32.7 Å². The zero-order valence-corrected chi connectivity index (χ0v) is 12.2. The molecular formula is C12H11FN3Y-. The number of halogens is 1. The minimum Gasteiger partial charge on any atom is -0.430 e. The van der Waals surface area contributed by atoms with E-state index in [1.54, 1.807) is 0 Å². The molecule has 0 aliphatic heterocycles. The van der Waals surface area contributed by atoms with Crippen LogP contribution in [0.5, 0.6) is 0 Å². The van der Waals surface area contributed by atoms with E-state index in [9.17, 15) is 4.39 Å². The van der Waals surface area contributed by atoms with Gasteiger partial charge in [0.1, 0.15) is 0 Å². The summed E-state index contributed by atoms with van der Waals surface area (Å²) in [5.74, 6) is 0.161. The normalized spacial score (nSPS) is 10.8. The molecule has 0 amide bonds. The van der Waals surface area contributed by atoms with Gasteiger partial charge in [-0.1, -0.05) is 18.2 Å². The number of para-hydroxylation sites is 1. The first-order chi connectivity index (χ1) is 7.79. The largest absolute Gasteiger partial charge is 0.430 e. The quantitative estimate of drug-likeness (QED) is 0.821. The average molecular weight is 305 g/mol. The number of H-pyrrole nitrogens is 1. The second-order valence-corrected chi connectivity index (χ2v) is 3.20. The maximum absolute atomic E-state index is 13.1. The van der Waals surface area contributed by atoms with Crippen LogP contribution in [0.25, 0.3) is 0 Å². The van der Waals surface area contributed by atoms with Crippen LogP contribution in [0.3, 0.4) is 0 Å². The van der Waals surface area contributed by atoms with E-state index in [1.807, 2.05) is 30.3 Å². The predicted octanol–water partition coefficient (Wildman–Crippen LogP) is 2.23. The van der Waals surface area contributed by atoms with Crippen LogP contribution in [0.4, 0.5) is 15.9 Å². The fourth-order valence-electron chi connectivity index (χ4n) is 1.32. The maximum atomic E-state index is 13.1. The van der Waals surface area contributed by atoms with E-state index < -0.39 is 5.82 Å². The predicted molar refractivity (Wildman–Crippen MR) is 60.8 cm³/mol. The summed E-state index contributed by atoms with van der Waals surface area (Å²) in [7, 11) is 1.52. The number of nitrogens with zero attached hydrogens (tertiary/aromatic N) is 1. The zero-order valence-electron chi connectivity index (χ0n) is 9.37. The SMILES string of the molecule is CN=c1[nH]c(Nc2ccccc2)c[c-]c1F.[Y]. The summed E-state index contributed by atoms with van der Waals surface area (Å²) in [6, 6.07) is 13.6. The fraction of sp³-hybridized carbons (Fsp3) is 0.0833. The first-order valence-corrected chi connectivity index (χ1v) is 4.85. The van der Waals surface area contributed by atoms with Crippen molar-refractivity contribution in [3.63, 3.8) is 0 Å². The van der Waals surface area contributed by atoms with E-state index in [4.69, 9.17) is 0 Å². The molecule has 0 bridgehead atoms. The smallest absolute Gasteiger partial charge is 0.0518 e. The molecule has 85 valence electrons. The Balaban J connectivity index is 0.00000144. The molecule has 0 saturated heterocycles. The fourth-order valence-corrected chi connectivity index (χ4v) is 1.32. The van der Waals surface area contributed by atoms with Crippen LogP contribution in [-0.4, -0.2) is 12.0 Å². The number of benzene rings is 1. The van der Waals surface area contributed by atoms with Crippen molar-refractivity contribution in [1.29, 1.82) is 0 Å². The van der Waals surface area contributed by atoms with E-state index in [-0.39, 0.29) is 38.2 Å². The Morgan fingerprint density at radius 2 is 2.00 bits per heavy atom. The van der Waals surface area contributed by atoms with Crippen molar-refractivity contribution in [3.8, 4) is 0 Å². The van der Waals surface area contributed by atoms with Crippen LogP contribution in [0, 0.1) is 11.9 Å². The molecule has 2 N–H and O–H groups in total. The molecular weight excluding hydrogens is 294 g/mol. The van der Waals surface area contributed by atoms with Crippen molar-refractivity contribution in [2.24, 2.45) is 4.99 Å². The summed E-state index contributed by atoms with van der Waals surface area (Å²) in [5.41, 5.74) is 1.10. The Morgan fingerprint density at radius 1 is 1.29 bits per heavy atom. The van der Waals surface area contributed by atoms with Gasteiger partial charge in [0.15, 0.2) is 0 Å². The van der Waals surface area contributed by atoms with Crippen molar-refractivity contribution in [1.82, 2.24) is 4.98 Å². The standard InChI is InChI=1S/C12H11FN3.Y/c1-14-12-10(13)7-8-11(16-12)15-9-5-3-2-4-6-9;/h2-6,8H,1H3,(H2,14,15,16);/q-1;. The van der Waals surface area contributed by atoms with E-state index in [0.29, 0.717) is 5.82 Å². The molecule has 0 atom stereocenters. The number of aromatic nitrogens is 1. The van der Waals surface area contributed by atoms with Crippen molar-refractivity contribution in [2.45, 2.75) is 0 Å². The van der Waals surface area contributed by atoms with Gasteiger partial charge >= 0.3 is 0 Å². The summed E-state index contributed by atoms with van der Waals surface area (Å²) >= 11 is 0. The third-order valence-electron chi connectivity index (χ3n) is 2.08. The molecule has 2 rings (SSSR count). The monoisotopic (exact) mass is 305 g/mol. The maximum Gasteiger partial charge on any atom is 0.0518 e. The van der Waals surface area contributed by atoms with Crippen LogP contribution >= 0.6 is 0 Å². The van der Waals surface area contributed by atoms with Crippen molar-refractivity contribution < 1.29 is 37.1 Å². The van der Waals surface area contributed by atoms with Gasteiger partial charge in [-0.05, 0) is 18.0 Å². The molecule has 0 aliphatic rings. The van der Waals surface area contributed by atoms with Crippen LogP contribution in [0.2, 0.25) is 0 Å². The minimum absolute atomic E-state index is 0. The number of aromatic amines is 1. The number of nitrogens with one attached hydrogen (secondary N) is 2. The second kappa shape index (κ2) is 6.67. The number of hydrogen-bond acceptors (Lipinski definition) is 2. The molecule has 17 heavy (non-hydrogen) atoms. The molecule has 0 saturated carbocycles. The van der Waals surface area contributed by atoms with E-state index in [0.717, 1.165) is 5.69 Å². The first kappa shape index (κ1) is 14.1. The molecule has 5 heteroatoms. The van der Waals surface area contributed by atoms with Crippen LogP contribution in [0.15, 0.2) is 41.4 Å². The summed E-state index contributed by atoms with van der Waals surface area (Å²) in [6.07, 6.45) is 0. The Morgan fingerprint density at radius 3 is 2.65 bits per heavy atom. The molecule has 1 radical (unpaired) electrons. The molecule has 1 aromatic heterocycles. The molecule has 3 nitrogen and oxygen atoms in total. The van der Waals surface area contributed by atoms with Crippen LogP contribution in [0.1, 0.15) is 0 Å². The minimum atomic E-state index is -0.485. The van der Waals surface area contributed by atoms with Gasteiger partial charge in [0.25, 0.3) is 0 Å². The van der Waals surface area contributed by atoms with Gasteiger partial charge in [-0.3, -0.25) is 0 Å². The van der Waals surface area contributed by atoms with Gasteiger partial charge < -0.3 is 15.3 Å². The third kappa shape index (κ3) is 3.75. The topological polar surface area (TPSA) is 40.2 Å². The van der Waals surface area contributed by atoms with Gasteiger partial charge in [0.2, 0.25) is 0 Å². The average Bonchev–Trinajstić information content (AvgIpc) is 2.33. The summed E-state index contributed by atoms with van der Waals surface area (Å²) in [4.78, 5) is 6.60. The van der Waals surface area contributed by atoms with Gasteiger partial charge in [-0.25, -0.2) is 4.39 Å². The Kier molecular flexibility index (Phi) is 5.52. The van der Waals surface area contributed by atoms with Crippen molar-refractivity contribution in [3.05, 3.63) is 53.8 Å². The van der Waals surface area contributed by atoms with Gasteiger partial charge in [0, 0.05) is 50.9 Å². The molecule has 0 fully saturated rings. The molecule has 0 spiro atoms. The number of hydrogen-bond donors (Lipinski definition) is 2. The Hall–Kier alpha value is -0.996. The number of rotatable bonds is 2. The van der Waals surface area contributed by atoms with Crippen LogP contribution < -0.4 is 10.8 Å². The van der Waals surface area contributed by atoms with Gasteiger partial charge in [-0.2, -0.15) is 0 Å². The van der Waals surface area contributed by atoms with E-state index >= 15 is 0 Å². The summed E-state index contributed by atoms with van der Waals surface area (Å²) in [6.45, 7) is 0. The molecule has 1 heterocycles. The summed E-state index contributed by atoms with van der Waals surface area (Å²) < 4.78 is 13.1. The molecule has 0 aliphatic carbocycles. The van der Waals surface area contributed by atoms with Crippen molar-refractivity contribution in [2.75, 3.05) is 12.4 Å². The third-order valence-corrected chi connectivity index (χ3v) is 2.08. The first-order valence-electron chi connectivity index (χ1n) is 4.85. The van der Waals surface area contributed by atoms with E-state index in [1.165, 1.54) is 13.1 Å². The second-order valence-electron chi connectivity index (χ2n) is 3.20.